The Kier molecular flexibility index (Phi) is 3.60. The fourth-order valence-electron chi connectivity index (χ4n) is 2.91. The SMILES string of the molecule is C=CC1=CC2=C(CC1)CC(C(=O)OC)(C(=O)OC)C2. The topological polar surface area (TPSA) is 52.6 Å². The summed E-state index contributed by atoms with van der Waals surface area (Å²) in [6.07, 6.45) is 6.38. The molecule has 4 heteroatoms. The Balaban J connectivity index is 2.34. The van der Waals surface area contributed by atoms with Crippen LogP contribution in [0.15, 0.2) is 35.5 Å². The van der Waals surface area contributed by atoms with Gasteiger partial charge in [-0.25, -0.2) is 0 Å². The van der Waals surface area contributed by atoms with Gasteiger partial charge in [0.2, 0.25) is 0 Å². The summed E-state index contributed by atoms with van der Waals surface area (Å²) in [6, 6.07) is 0. The zero-order chi connectivity index (χ0) is 14.0. The van der Waals surface area contributed by atoms with E-state index >= 15 is 0 Å². The summed E-state index contributed by atoms with van der Waals surface area (Å²) < 4.78 is 9.62. The highest BCUT2D eigenvalue weighted by Gasteiger charge is 2.53. The number of hydrogen-bond acceptors (Lipinski definition) is 4. The number of ether oxygens (including phenoxy) is 2. The Morgan fingerprint density at radius 2 is 1.84 bits per heavy atom. The van der Waals surface area contributed by atoms with Crippen molar-refractivity contribution in [3.8, 4) is 0 Å². The molecule has 0 N–H and O–H groups in total. The first kappa shape index (κ1) is 13.6. The van der Waals surface area contributed by atoms with Crippen LogP contribution in [0.25, 0.3) is 0 Å². The summed E-state index contributed by atoms with van der Waals surface area (Å²) >= 11 is 0. The van der Waals surface area contributed by atoms with Crippen LogP contribution in [0.1, 0.15) is 25.7 Å². The summed E-state index contributed by atoms with van der Waals surface area (Å²) in [6.45, 7) is 3.76. The van der Waals surface area contributed by atoms with Crippen LogP contribution in [-0.4, -0.2) is 26.2 Å². The average Bonchev–Trinajstić information content (AvgIpc) is 2.84. The maximum Gasteiger partial charge on any atom is 0.323 e. The van der Waals surface area contributed by atoms with E-state index in [0.717, 1.165) is 29.6 Å². The molecular formula is C15H18O4. The van der Waals surface area contributed by atoms with Crippen LogP contribution in [0.4, 0.5) is 0 Å². The van der Waals surface area contributed by atoms with Crippen molar-refractivity contribution < 1.29 is 19.1 Å². The molecule has 0 saturated carbocycles. The standard InChI is InChI=1S/C15H18O4/c1-4-10-5-6-11-8-15(13(16)18-2,14(17)19-3)9-12(11)7-10/h4,7H,1,5-6,8-9H2,2-3H3. The fraction of sp³-hybridized carbons (Fsp3) is 0.467. The third-order valence-electron chi connectivity index (χ3n) is 3.95. The summed E-state index contributed by atoms with van der Waals surface area (Å²) in [5, 5.41) is 0. The Morgan fingerprint density at radius 1 is 1.21 bits per heavy atom. The minimum absolute atomic E-state index is 0.360. The molecule has 0 aliphatic heterocycles. The van der Waals surface area contributed by atoms with Crippen LogP contribution in [0.2, 0.25) is 0 Å². The predicted octanol–water partition coefficient (Wildman–Crippen LogP) is 2.32. The largest absolute Gasteiger partial charge is 0.468 e. The van der Waals surface area contributed by atoms with Gasteiger partial charge in [0.1, 0.15) is 0 Å². The lowest BCUT2D eigenvalue weighted by molar-refractivity contribution is -0.168. The smallest absolute Gasteiger partial charge is 0.323 e. The molecule has 0 aromatic heterocycles. The molecule has 0 fully saturated rings. The predicted molar refractivity (Wildman–Crippen MR) is 70.2 cm³/mol. The minimum atomic E-state index is -1.19. The van der Waals surface area contributed by atoms with Gasteiger partial charge >= 0.3 is 11.9 Å². The van der Waals surface area contributed by atoms with Gasteiger partial charge < -0.3 is 9.47 Å². The highest BCUT2D eigenvalue weighted by molar-refractivity contribution is 6.01. The lowest BCUT2D eigenvalue weighted by Crippen LogP contribution is -2.39. The highest BCUT2D eigenvalue weighted by atomic mass is 16.5. The van der Waals surface area contributed by atoms with Crippen molar-refractivity contribution in [2.24, 2.45) is 5.41 Å². The molecule has 0 aromatic rings. The molecule has 0 amide bonds. The van der Waals surface area contributed by atoms with Gasteiger partial charge in [-0.1, -0.05) is 24.3 Å². The molecule has 0 aromatic carbocycles. The van der Waals surface area contributed by atoms with E-state index in [1.54, 1.807) is 0 Å². The quantitative estimate of drug-likeness (QED) is 0.578. The lowest BCUT2D eigenvalue weighted by atomic mass is 9.83. The molecule has 19 heavy (non-hydrogen) atoms. The van der Waals surface area contributed by atoms with Crippen molar-refractivity contribution in [3.05, 3.63) is 35.5 Å². The molecule has 102 valence electrons. The third kappa shape index (κ3) is 2.11. The Labute approximate surface area is 112 Å². The molecule has 0 unspecified atom stereocenters. The molecule has 4 nitrogen and oxygen atoms in total. The zero-order valence-electron chi connectivity index (χ0n) is 11.3. The van der Waals surface area contributed by atoms with E-state index in [0.29, 0.717) is 12.8 Å². The van der Waals surface area contributed by atoms with Crippen LogP contribution in [0, 0.1) is 5.41 Å². The first-order valence-corrected chi connectivity index (χ1v) is 6.28. The van der Waals surface area contributed by atoms with Crippen LogP contribution < -0.4 is 0 Å². The Hall–Kier alpha value is -1.84. The molecule has 0 heterocycles. The molecule has 2 rings (SSSR count). The van der Waals surface area contributed by atoms with E-state index in [9.17, 15) is 9.59 Å². The van der Waals surface area contributed by atoms with E-state index in [4.69, 9.17) is 9.47 Å². The van der Waals surface area contributed by atoms with Gasteiger partial charge in [-0.3, -0.25) is 9.59 Å². The van der Waals surface area contributed by atoms with Gasteiger partial charge in [0, 0.05) is 0 Å². The number of carbonyl (C=O) groups excluding carboxylic acids is 2. The van der Waals surface area contributed by atoms with Crippen molar-refractivity contribution in [1.82, 2.24) is 0 Å². The van der Waals surface area contributed by atoms with Gasteiger partial charge in [0.15, 0.2) is 5.41 Å². The van der Waals surface area contributed by atoms with Crippen LogP contribution >= 0.6 is 0 Å². The first-order chi connectivity index (χ1) is 9.07. The molecule has 0 bridgehead atoms. The molecule has 0 atom stereocenters. The summed E-state index contributed by atoms with van der Waals surface area (Å²) in [5.41, 5.74) is 2.16. The van der Waals surface area contributed by atoms with Gasteiger partial charge in [-0.15, -0.1) is 0 Å². The zero-order valence-corrected chi connectivity index (χ0v) is 11.3. The number of carbonyl (C=O) groups is 2. The van der Waals surface area contributed by atoms with Gasteiger partial charge in [-0.2, -0.15) is 0 Å². The second kappa shape index (κ2) is 5.03. The highest BCUT2D eigenvalue weighted by Crippen LogP contribution is 2.48. The van der Waals surface area contributed by atoms with Crippen molar-refractivity contribution in [2.45, 2.75) is 25.7 Å². The third-order valence-corrected chi connectivity index (χ3v) is 3.95. The van der Waals surface area contributed by atoms with E-state index in [2.05, 4.69) is 6.58 Å². The van der Waals surface area contributed by atoms with Crippen molar-refractivity contribution >= 4 is 11.9 Å². The molecule has 0 saturated heterocycles. The monoisotopic (exact) mass is 262 g/mol. The van der Waals surface area contributed by atoms with Crippen molar-refractivity contribution in [1.29, 1.82) is 0 Å². The van der Waals surface area contributed by atoms with E-state index < -0.39 is 17.4 Å². The molecule has 2 aliphatic rings. The maximum absolute atomic E-state index is 12.0. The summed E-state index contributed by atoms with van der Waals surface area (Å²) in [4.78, 5) is 24.1. The van der Waals surface area contributed by atoms with Crippen molar-refractivity contribution in [2.75, 3.05) is 14.2 Å². The Bertz CT molecular complexity index is 480. The number of esters is 2. The van der Waals surface area contributed by atoms with Gasteiger partial charge in [0.05, 0.1) is 14.2 Å². The van der Waals surface area contributed by atoms with E-state index in [-0.39, 0.29) is 0 Å². The molecular weight excluding hydrogens is 244 g/mol. The fourth-order valence-corrected chi connectivity index (χ4v) is 2.91. The first-order valence-electron chi connectivity index (χ1n) is 6.28. The second-order valence-electron chi connectivity index (χ2n) is 4.97. The number of hydrogen-bond donors (Lipinski definition) is 0. The van der Waals surface area contributed by atoms with Crippen LogP contribution in [0.3, 0.4) is 0 Å². The van der Waals surface area contributed by atoms with Crippen molar-refractivity contribution in [3.63, 3.8) is 0 Å². The molecule has 2 aliphatic carbocycles. The summed E-state index contributed by atoms with van der Waals surface area (Å²) in [5.74, 6) is -1.02. The molecule has 0 spiro atoms. The molecule has 0 radical (unpaired) electrons. The second-order valence-corrected chi connectivity index (χ2v) is 4.97. The number of rotatable bonds is 3. The Morgan fingerprint density at radius 3 is 2.37 bits per heavy atom. The maximum atomic E-state index is 12.0. The van der Waals surface area contributed by atoms with Gasteiger partial charge in [-0.05, 0) is 36.8 Å². The van der Waals surface area contributed by atoms with E-state index in [1.807, 2.05) is 12.2 Å². The minimum Gasteiger partial charge on any atom is -0.468 e. The average molecular weight is 262 g/mol. The van der Waals surface area contributed by atoms with Crippen LogP contribution in [0.5, 0.6) is 0 Å². The lowest BCUT2D eigenvalue weighted by Gasteiger charge is -2.23. The van der Waals surface area contributed by atoms with E-state index in [1.165, 1.54) is 14.2 Å². The van der Waals surface area contributed by atoms with Crippen LogP contribution in [-0.2, 0) is 19.1 Å². The number of methoxy groups -OCH3 is 2. The summed E-state index contributed by atoms with van der Waals surface area (Å²) in [7, 11) is 2.60. The normalized spacial score (nSPS) is 20.4. The number of allylic oxidation sites excluding steroid dienone is 5. The van der Waals surface area contributed by atoms with Gasteiger partial charge in [0.25, 0.3) is 0 Å².